The average Bonchev–Trinajstić information content (AvgIpc) is 2.59. The lowest BCUT2D eigenvalue weighted by Crippen LogP contribution is -2.24. The van der Waals surface area contributed by atoms with Gasteiger partial charge in [-0.2, -0.15) is 0 Å². The van der Waals surface area contributed by atoms with Gasteiger partial charge in [0.05, 0.1) is 10.8 Å². The normalized spacial score (nSPS) is 12.8. The number of hydrogen-bond acceptors (Lipinski definition) is 4. The van der Waals surface area contributed by atoms with Crippen LogP contribution in [0.1, 0.15) is 5.56 Å². The fourth-order valence-electron chi connectivity index (χ4n) is 2.20. The van der Waals surface area contributed by atoms with Gasteiger partial charge in [0.2, 0.25) is 5.91 Å². The molecule has 1 aliphatic heterocycles. The molecule has 2 aromatic rings. The van der Waals surface area contributed by atoms with Crippen molar-refractivity contribution in [3.8, 4) is 11.5 Å². The van der Waals surface area contributed by atoms with Gasteiger partial charge in [-0.1, -0.05) is 11.6 Å². The number of halogens is 2. The van der Waals surface area contributed by atoms with Crippen LogP contribution in [0.5, 0.6) is 11.5 Å². The molecule has 4 nitrogen and oxygen atoms in total. The maximum Gasteiger partial charge on any atom is 0.230 e. The minimum absolute atomic E-state index is 0.115. The molecule has 2 aromatic carbocycles. The van der Waals surface area contributed by atoms with E-state index in [1.807, 2.05) is 6.07 Å². The van der Waals surface area contributed by atoms with Crippen LogP contribution in [0, 0.1) is 5.82 Å². The van der Waals surface area contributed by atoms with Crippen LogP contribution in [0.3, 0.4) is 0 Å². The van der Waals surface area contributed by atoms with Crippen molar-refractivity contribution in [3.05, 3.63) is 52.8 Å². The second-order valence-electron chi connectivity index (χ2n) is 5.12. The number of ether oxygens (including phenoxy) is 2. The van der Waals surface area contributed by atoms with Crippen LogP contribution in [-0.2, 0) is 11.3 Å². The minimum atomic E-state index is -0.292. The smallest absolute Gasteiger partial charge is 0.230 e. The Hall–Kier alpha value is -1.92. The molecule has 0 aliphatic carbocycles. The number of hydrogen-bond donors (Lipinski definition) is 1. The number of fused-ring (bicyclic) bond motifs is 1. The number of benzene rings is 2. The summed E-state index contributed by atoms with van der Waals surface area (Å²) in [5.74, 6) is 0.988. The standard InChI is InChI=1S/C17H15ClFNO3S/c18-14-7-11(8-15-17(14)23-6-5-22-15)9-20-16(21)10-24-13-3-1-12(19)2-4-13/h1-4,7-8H,5-6,9-10H2,(H,20,21). The zero-order valence-electron chi connectivity index (χ0n) is 12.7. The first-order valence-corrected chi connectivity index (χ1v) is 8.71. The molecule has 0 unspecified atom stereocenters. The average molecular weight is 368 g/mol. The highest BCUT2D eigenvalue weighted by Gasteiger charge is 2.16. The van der Waals surface area contributed by atoms with Crippen LogP contribution >= 0.6 is 23.4 Å². The van der Waals surface area contributed by atoms with Gasteiger partial charge in [-0.15, -0.1) is 11.8 Å². The number of thioether (sulfide) groups is 1. The molecule has 1 N–H and O–H groups in total. The molecule has 1 aliphatic rings. The van der Waals surface area contributed by atoms with Gasteiger partial charge in [0.25, 0.3) is 0 Å². The van der Waals surface area contributed by atoms with Gasteiger partial charge >= 0.3 is 0 Å². The number of carbonyl (C=O) groups excluding carboxylic acids is 1. The van der Waals surface area contributed by atoms with Crippen LogP contribution in [0.2, 0.25) is 5.02 Å². The quantitative estimate of drug-likeness (QED) is 0.819. The molecule has 1 amide bonds. The molecule has 0 fully saturated rings. The van der Waals surface area contributed by atoms with Crippen molar-refractivity contribution in [3.63, 3.8) is 0 Å². The van der Waals surface area contributed by atoms with Crippen molar-refractivity contribution in [2.24, 2.45) is 0 Å². The molecule has 3 rings (SSSR count). The summed E-state index contributed by atoms with van der Waals surface area (Å²) in [4.78, 5) is 12.8. The molecule has 1 heterocycles. The van der Waals surface area contributed by atoms with E-state index >= 15 is 0 Å². The van der Waals surface area contributed by atoms with Crippen molar-refractivity contribution in [1.82, 2.24) is 5.32 Å². The van der Waals surface area contributed by atoms with Gasteiger partial charge in [-0.3, -0.25) is 4.79 Å². The number of carbonyl (C=O) groups is 1. The van der Waals surface area contributed by atoms with Gasteiger partial charge in [0.15, 0.2) is 11.5 Å². The number of rotatable bonds is 5. The summed E-state index contributed by atoms with van der Waals surface area (Å²) in [6.45, 7) is 1.30. The largest absolute Gasteiger partial charge is 0.486 e. The topological polar surface area (TPSA) is 47.6 Å². The lowest BCUT2D eigenvalue weighted by molar-refractivity contribution is -0.118. The van der Waals surface area contributed by atoms with Crippen molar-refractivity contribution in [2.45, 2.75) is 11.4 Å². The highest BCUT2D eigenvalue weighted by atomic mass is 35.5. The first-order valence-electron chi connectivity index (χ1n) is 7.35. The maximum atomic E-state index is 12.8. The predicted octanol–water partition coefficient (Wildman–Crippen LogP) is 3.66. The second kappa shape index (κ2) is 7.77. The minimum Gasteiger partial charge on any atom is -0.486 e. The van der Waals surface area contributed by atoms with Gasteiger partial charge in [-0.25, -0.2) is 4.39 Å². The second-order valence-corrected chi connectivity index (χ2v) is 6.58. The molecule has 126 valence electrons. The van der Waals surface area contributed by atoms with E-state index in [0.29, 0.717) is 36.3 Å². The molecule has 0 aromatic heterocycles. The highest BCUT2D eigenvalue weighted by molar-refractivity contribution is 8.00. The van der Waals surface area contributed by atoms with Crippen LogP contribution in [0.4, 0.5) is 4.39 Å². The summed E-state index contributed by atoms with van der Waals surface area (Å²) in [5.41, 5.74) is 0.837. The van der Waals surface area contributed by atoms with Crippen molar-refractivity contribution in [2.75, 3.05) is 19.0 Å². The van der Waals surface area contributed by atoms with Crippen LogP contribution < -0.4 is 14.8 Å². The van der Waals surface area contributed by atoms with E-state index < -0.39 is 0 Å². The zero-order valence-corrected chi connectivity index (χ0v) is 14.3. The SMILES string of the molecule is O=C(CSc1ccc(F)cc1)NCc1cc(Cl)c2c(c1)OCCO2. The molecule has 0 saturated carbocycles. The predicted molar refractivity (Wildman–Crippen MR) is 91.4 cm³/mol. The Morgan fingerprint density at radius 2 is 1.96 bits per heavy atom. The third-order valence-corrected chi connectivity index (χ3v) is 4.62. The molecular formula is C17H15ClFNO3S. The molecule has 7 heteroatoms. The highest BCUT2D eigenvalue weighted by Crippen LogP contribution is 2.38. The zero-order chi connectivity index (χ0) is 16.9. The summed E-state index contributed by atoms with van der Waals surface area (Å²) in [6, 6.07) is 9.60. The van der Waals surface area contributed by atoms with E-state index in [9.17, 15) is 9.18 Å². The molecule has 0 bridgehead atoms. The molecule has 0 radical (unpaired) electrons. The van der Waals surface area contributed by atoms with Gasteiger partial charge in [0.1, 0.15) is 19.0 Å². The Morgan fingerprint density at radius 1 is 1.21 bits per heavy atom. The number of nitrogens with one attached hydrogen (secondary N) is 1. The van der Waals surface area contributed by atoms with Gasteiger partial charge < -0.3 is 14.8 Å². The van der Waals surface area contributed by atoms with E-state index in [0.717, 1.165) is 10.5 Å². The fraction of sp³-hybridized carbons (Fsp3) is 0.235. The molecule has 24 heavy (non-hydrogen) atoms. The maximum absolute atomic E-state index is 12.8. The summed E-state index contributed by atoms with van der Waals surface area (Å²) in [7, 11) is 0. The summed E-state index contributed by atoms with van der Waals surface area (Å²) in [6.07, 6.45) is 0. The summed E-state index contributed by atoms with van der Waals surface area (Å²) < 4.78 is 23.8. The Bertz CT molecular complexity index is 739. The Morgan fingerprint density at radius 3 is 2.75 bits per heavy atom. The Balaban J connectivity index is 1.52. The van der Waals surface area contributed by atoms with Crippen LogP contribution in [0.15, 0.2) is 41.3 Å². The molecule has 0 saturated heterocycles. The third-order valence-electron chi connectivity index (χ3n) is 3.33. The van der Waals surface area contributed by atoms with Gasteiger partial charge in [0, 0.05) is 11.4 Å². The van der Waals surface area contributed by atoms with Crippen molar-refractivity contribution < 1.29 is 18.7 Å². The van der Waals surface area contributed by atoms with E-state index in [-0.39, 0.29) is 17.5 Å². The van der Waals surface area contributed by atoms with E-state index in [4.69, 9.17) is 21.1 Å². The molecule has 0 spiro atoms. The Labute approximate surface area is 148 Å². The molecule has 0 atom stereocenters. The first kappa shape index (κ1) is 16.9. The monoisotopic (exact) mass is 367 g/mol. The summed E-state index contributed by atoms with van der Waals surface area (Å²) in [5, 5.41) is 3.30. The fourth-order valence-corrected chi connectivity index (χ4v) is 3.21. The van der Waals surface area contributed by atoms with Crippen molar-refractivity contribution in [1.29, 1.82) is 0 Å². The van der Waals surface area contributed by atoms with Crippen LogP contribution in [-0.4, -0.2) is 24.9 Å². The lowest BCUT2D eigenvalue weighted by atomic mass is 10.2. The Kier molecular flexibility index (Phi) is 5.48. The molecular weight excluding hydrogens is 353 g/mol. The lowest BCUT2D eigenvalue weighted by Gasteiger charge is -2.20. The van der Waals surface area contributed by atoms with E-state index in [1.165, 1.54) is 23.9 Å². The third kappa shape index (κ3) is 4.33. The van der Waals surface area contributed by atoms with E-state index in [2.05, 4.69) is 5.32 Å². The van der Waals surface area contributed by atoms with Gasteiger partial charge in [-0.05, 0) is 42.0 Å². The first-order chi connectivity index (χ1) is 11.6. The number of amides is 1. The van der Waals surface area contributed by atoms with E-state index in [1.54, 1.807) is 18.2 Å². The summed E-state index contributed by atoms with van der Waals surface area (Å²) >= 11 is 7.51. The van der Waals surface area contributed by atoms with Crippen LogP contribution in [0.25, 0.3) is 0 Å². The van der Waals surface area contributed by atoms with Crippen molar-refractivity contribution >= 4 is 29.3 Å².